The average Bonchev–Trinajstić information content (AvgIpc) is 2.58. The first-order valence-electron chi connectivity index (χ1n) is 7.99. The van der Waals surface area contributed by atoms with E-state index in [1.807, 2.05) is 24.3 Å². The standard InChI is InChI=1S/C15H23N2O6P2/c1-2-3-10-22-15-6-4-14(5-7-15)8-9-17(12-24(19)20)13-25(21)23-11-16-18/h4-7H,2-3,8-13H2,1H3/q+1/p+1. The Balaban J connectivity index is 2.49. The van der Waals surface area contributed by atoms with Crippen LogP contribution in [0.1, 0.15) is 25.3 Å². The fourth-order valence-corrected chi connectivity index (χ4v) is 3.59. The minimum Gasteiger partial charge on any atom is -0.494 e. The van der Waals surface area contributed by atoms with Gasteiger partial charge >= 0.3 is 16.1 Å². The van der Waals surface area contributed by atoms with Crippen LogP contribution in [-0.4, -0.2) is 42.2 Å². The van der Waals surface area contributed by atoms with Crippen molar-refractivity contribution in [2.75, 3.05) is 32.5 Å². The van der Waals surface area contributed by atoms with Crippen LogP contribution in [0.25, 0.3) is 0 Å². The summed E-state index contributed by atoms with van der Waals surface area (Å²) in [4.78, 5) is 20.7. The SMILES string of the molecule is CCCCOc1ccc(CCN(C[P+](=O)O)C[P+](=O)OCN=O)cc1. The Labute approximate surface area is 149 Å². The highest BCUT2D eigenvalue weighted by molar-refractivity contribution is 7.39. The topological polar surface area (TPSA) is 106 Å². The van der Waals surface area contributed by atoms with E-state index in [9.17, 15) is 14.0 Å². The summed E-state index contributed by atoms with van der Waals surface area (Å²) >= 11 is 0. The third-order valence-corrected chi connectivity index (χ3v) is 4.97. The van der Waals surface area contributed by atoms with Crippen molar-refractivity contribution in [1.29, 1.82) is 0 Å². The van der Waals surface area contributed by atoms with Crippen molar-refractivity contribution in [2.45, 2.75) is 26.2 Å². The zero-order chi connectivity index (χ0) is 18.5. The van der Waals surface area contributed by atoms with Crippen molar-refractivity contribution in [2.24, 2.45) is 5.18 Å². The highest BCUT2D eigenvalue weighted by Crippen LogP contribution is 2.26. The summed E-state index contributed by atoms with van der Waals surface area (Å²) in [5.41, 5.74) is 1.03. The molecule has 0 aromatic heterocycles. The highest BCUT2D eigenvalue weighted by Gasteiger charge is 2.28. The van der Waals surface area contributed by atoms with Gasteiger partial charge in [0.1, 0.15) is 5.75 Å². The quantitative estimate of drug-likeness (QED) is 0.292. The normalized spacial score (nSPS) is 12.1. The van der Waals surface area contributed by atoms with Crippen molar-refractivity contribution < 1.29 is 23.3 Å². The Morgan fingerprint density at radius 3 is 2.52 bits per heavy atom. The van der Waals surface area contributed by atoms with Gasteiger partial charge in [0.05, 0.1) is 6.61 Å². The van der Waals surface area contributed by atoms with Gasteiger partial charge in [-0.2, -0.15) is 4.89 Å². The van der Waals surface area contributed by atoms with Gasteiger partial charge in [0, 0.05) is 6.54 Å². The van der Waals surface area contributed by atoms with Crippen LogP contribution in [0.4, 0.5) is 0 Å². The summed E-state index contributed by atoms with van der Waals surface area (Å²) in [6.07, 6.45) is 2.58. The molecular formula is C15H24N2O6P2+2. The van der Waals surface area contributed by atoms with Gasteiger partial charge in [-0.15, -0.1) is 9.43 Å². The molecule has 0 saturated heterocycles. The molecular weight excluding hydrogens is 366 g/mol. The van der Waals surface area contributed by atoms with Crippen LogP contribution in [0.2, 0.25) is 0 Å². The molecule has 0 fully saturated rings. The van der Waals surface area contributed by atoms with E-state index in [1.165, 1.54) is 0 Å². The second-order valence-electron chi connectivity index (χ2n) is 5.35. The van der Waals surface area contributed by atoms with Gasteiger partial charge in [0.15, 0.2) is 0 Å². The molecule has 1 aromatic carbocycles. The Hall–Kier alpha value is -1.30. The molecule has 0 aliphatic rings. The van der Waals surface area contributed by atoms with Gasteiger partial charge in [-0.1, -0.05) is 25.5 Å². The highest BCUT2D eigenvalue weighted by atomic mass is 31.1. The van der Waals surface area contributed by atoms with E-state index in [2.05, 4.69) is 12.1 Å². The lowest BCUT2D eigenvalue weighted by molar-refractivity contribution is 0.303. The predicted molar refractivity (Wildman–Crippen MR) is 96.2 cm³/mol. The smallest absolute Gasteiger partial charge is 0.494 e. The first-order valence-corrected chi connectivity index (χ1v) is 10.8. The molecule has 0 aliphatic carbocycles. The van der Waals surface area contributed by atoms with Crippen LogP contribution in [0.5, 0.6) is 5.75 Å². The second-order valence-corrected chi connectivity index (χ2v) is 7.54. The second kappa shape index (κ2) is 13.0. The maximum absolute atomic E-state index is 11.7. The molecule has 2 unspecified atom stereocenters. The fraction of sp³-hybridized carbons (Fsp3) is 0.600. The molecule has 8 nitrogen and oxygen atoms in total. The summed E-state index contributed by atoms with van der Waals surface area (Å²) in [6, 6.07) is 7.65. The molecule has 0 radical (unpaired) electrons. The van der Waals surface area contributed by atoms with Gasteiger partial charge in [0.2, 0.25) is 19.3 Å². The van der Waals surface area contributed by atoms with Gasteiger partial charge in [-0.25, -0.2) is 4.90 Å². The monoisotopic (exact) mass is 390 g/mol. The van der Waals surface area contributed by atoms with Gasteiger partial charge < -0.3 is 4.74 Å². The zero-order valence-corrected chi connectivity index (χ0v) is 16.0. The molecule has 0 saturated carbocycles. The van der Waals surface area contributed by atoms with Crippen LogP contribution in [0, 0.1) is 4.91 Å². The Kier molecular flexibility index (Phi) is 11.3. The van der Waals surface area contributed by atoms with Gasteiger partial charge in [-0.3, -0.25) is 0 Å². The first kappa shape index (κ1) is 21.7. The van der Waals surface area contributed by atoms with E-state index in [4.69, 9.17) is 14.2 Å². The third-order valence-electron chi connectivity index (χ3n) is 3.30. The maximum atomic E-state index is 11.7. The van der Waals surface area contributed by atoms with Crippen molar-refractivity contribution in [1.82, 2.24) is 4.90 Å². The minimum atomic E-state index is -2.39. The van der Waals surface area contributed by atoms with Crippen LogP contribution in [0.15, 0.2) is 29.4 Å². The van der Waals surface area contributed by atoms with Crippen LogP contribution < -0.4 is 4.74 Å². The molecule has 10 heteroatoms. The number of rotatable bonds is 14. The lowest BCUT2D eigenvalue weighted by Gasteiger charge is -2.11. The molecule has 1 N–H and O–H groups in total. The van der Waals surface area contributed by atoms with Crippen molar-refractivity contribution in [3.05, 3.63) is 34.7 Å². The molecule has 0 amide bonds. The molecule has 0 heterocycles. The lowest BCUT2D eigenvalue weighted by Crippen LogP contribution is -2.25. The van der Waals surface area contributed by atoms with Crippen molar-refractivity contribution in [3.63, 3.8) is 0 Å². The van der Waals surface area contributed by atoms with Crippen LogP contribution in [-0.2, 0) is 20.1 Å². The summed E-state index contributed by atoms with van der Waals surface area (Å²) in [6.45, 7) is 2.74. The lowest BCUT2D eigenvalue weighted by atomic mass is 10.1. The number of unbranched alkanes of at least 4 members (excludes halogenated alkanes) is 1. The molecule has 2 atom stereocenters. The summed E-state index contributed by atoms with van der Waals surface area (Å²) in [5, 5.41) is 2.48. The van der Waals surface area contributed by atoms with E-state index >= 15 is 0 Å². The van der Waals surface area contributed by atoms with E-state index in [0.29, 0.717) is 19.6 Å². The Morgan fingerprint density at radius 2 is 1.92 bits per heavy atom. The Morgan fingerprint density at radius 1 is 1.20 bits per heavy atom. The number of ether oxygens (including phenoxy) is 1. The predicted octanol–water partition coefficient (Wildman–Crippen LogP) is 3.84. The molecule has 138 valence electrons. The molecule has 0 bridgehead atoms. The third kappa shape index (κ3) is 10.3. The van der Waals surface area contributed by atoms with Crippen LogP contribution >= 0.6 is 16.1 Å². The number of nitrogens with zero attached hydrogens (tertiary/aromatic N) is 2. The van der Waals surface area contributed by atoms with Gasteiger partial charge in [-0.05, 0) is 44.8 Å². The number of nitroso groups, excluding NO2 is 1. The summed E-state index contributed by atoms with van der Waals surface area (Å²) < 4.78 is 33.1. The van der Waals surface area contributed by atoms with Crippen LogP contribution in [0.3, 0.4) is 0 Å². The van der Waals surface area contributed by atoms with E-state index in [1.54, 1.807) is 4.90 Å². The average molecular weight is 390 g/mol. The molecule has 1 aromatic rings. The largest absolute Gasteiger partial charge is 0.526 e. The summed E-state index contributed by atoms with van der Waals surface area (Å²) in [7, 11) is -4.52. The summed E-state index contributed by atoms with van der Waals surface area (Å²) in [5.74, 6) is 0.810. The first-order chi connectivity index (χ1) is 12.0. The van der Waals surface area contributed by atoms with E-state index in [-0.39, 0.29) is 12.6 Å². The van der Waals surface area contributed by atoms with Crippen molar-refractivity contribution in [3.8, 4) is 5.75 Å². The fourth-order valence-electron chi connectivity index (χ4n) is 2.02. The molecule has 0 aliphatic heterocycles. The van der Waals surface area contributed by atoms with Gasteiger partial charge in [0.25, 0.3) is 0 Å². The zero-order valence-electron chi connectivity index (χ0n) is 14.2. The Bertz CT molecular complexity index is 555. The molecule has 1 rings (SSSR count). The minimum absolute atomic E-state index is 0.0231. The molecule has 0 spiro atoms. The maximum Gasteiger partial charge on any atom is 0.526 e. The number of hydrogen-bond donors (Lipinski definition) is 1. The number of hydrogen-bond acceptors (Lipinski definition) is 7. The van der Waals surface area contributed by atoms with E-state index in [0.717, 1.165) is 24.2 Å². The molecule has 25 heavy (non-hydrogen) atoms. The number of benzene rings is 1. The van der Waals surface area contributed by atoms with E-state index < -0.39 is 22.8 Å². The van der Waals surface area contributed by atoms with Crippen molar-refractivity contribution >= 4 is 16.1 Å².